The monoisotopic (exact) mass is 526 g/mol. The lowest BCUT2D eigenvalue weighted by atomic mass is 9.59. The fourth-order valence-electron chi connectivity index (χ4n) is 5.84. The highest BCUT2D eigenvalue weighted by Gasteiger charge is 2.47. The molecule has 1 saturated carbocycles. The van der Waals surface area contributed by atoms with Crippen LogP contribution in [0.5, 0.6) is 0 Å². The first-order valence-electron chi connectivity index (χ1n) is 12.9. The maximum Gasteiger partial charge on any atom is 0.196 e. The van der Waals surface area contributed by atoms with Gasteiger partial charge in [0.2, 0.25) is 0 Å². The first-order chi connectivity index (χ1) is 18.4. The number of benzene rings is 1. The highest BCUT2D eigenvalue weighted by Crippen LogP contribution is 2.48. The Balaban J connectivity index is 1.29. The number of nitrogens with one attached hydrogen (secondary N) is 1. The van der Waals surface area contributed by atoms with Crippen molar-refractivity contribution in [2.45, 2.75) is 46.1 Å². The minimum Gasteiger partial charge on any atom is -0.449 e. The van der Waals surface area contributed by atoms with E-state index in [1.807, 2.05) is 13.0 Å². The van der Waals surface area contributed by atoms with E-state index in [0.717, 1.165) is 59.4 Å². The minimum absolute atomic E-state index is 0.327. The molecule has 2 aliphatic heterocycles. The largest absolute Gasteiger partial charge is 0.449 e. The number of aliphatic imine (C=N–C) groups is 1. The maximum atomic E-state index is 15.4. The summed E-state index contributed by atoms with van der Waals surface area (Å²) < 4.78 is 23.1. The summed E-state index contributed by atoms with van der Waals surface area (Å²) in [7, 11) is 0. The van der Waals surface area contributed by atoms with E-state index in [1.54, 1.807) is 35.9 Å². The van der Waals surface area contributed by atoms with E-state index >= 15 is 4.39 Å². The molecule has 2 fully saturated rings. The lowest BCUT2D eigenvalue weighted by Crippen LogP contribution is -2.59. The molecule has 3 aromatic heterocycles. The number of aryl methyl sites for hydroxylation is 2. The molecule has 1 unspecified atom stereocenters. The molecule has 1 saturated heterocycles. The summed E-state index contributed by atoms with van der Waals surface area (Å²) in [4.78, 5) is 10.7. The van der Waals surface area contributed by atoms with Crippen LogP contribution in [0, 0.1) is 49.8 Å². The van der Waals surface area contributed by atoms with Crippen molar-refractivity contribution in [1.29, 1.82) is 0 Å². The van der Waals surface area contributed by atoms with Crippen molar-refractivity contribution < 1.29 is 8.81 Å². The Kier molecular flexibility index (Phi) is 5.39. The summed E-state index contributed by atoms with van der Waals surface area (Å²) in [5, 5.41) is 13.2. The lowest BCUT2D eigenvalue weighted by Gasteiger charge is -2.53. The Morgan fingerprint density at radius 1 is 1.21 bits per heavy atom. The molecule has 38 heavy (non-hydrogen) atoms. The molecule has 5 heterocycles. The van der Waals surface area contributed by atoms with Crippen molar-refractivity contribution in [3.8, 4) is 16.8 Å². The summed E-state index contributed by atoms with van der Waals surface area (Å²) >= 11 is 1.68. The van der Waals surface area contributed by atoms with Gasteiger partial charge in [-0.3, -0.25) is 9.56 Å². The van der Waals surface area contributed by atoms with Gasteiger partial charge in [-0.25, -0.2) is 9.37 Å². The standard InChI is InChI=1S/C29H27FN6OS/c1-16-17(2)38-28-25(16)26(33-23(11-24-32-8-9-37-24)27-35-34-18(3)36(27)28)21-7-6-20(22(30)10-21)5-4-19-12-29(13-19)14-31-15-29/h6-10,19,23,31H,11-15H2,1-3H3. The molecular weight excluding hydrogens is 499 g/mol. The Bertz CT molecular complexity index is 1640. The van der Waals surface area contributed by atoms with E-state index in [2.05, 4.69) is 50.8 Å². The number of fused-ring (bicyclic) bond motifs is 3. The average Bonchev–Trinajstić information content (AvgIpc) is 3.54. The average molecular weight is 527 g/mol. The van der Waals surface area contributed by atoms with E-state index in [4.69, 9.17) is 9.41 Å². The molecule has 7 nitrogen and oxygen atoms in total. The van der Waals surface area contributed by atoms with Crippen LogP contribution in [0.1, 0.15) is 63.6 Å². The van der Waals surface area contributed by atoms with E-state index in [9.17, 15) is 0 Å². The topological polar surface area (TPSA) is 81.1 Å². The molecule has 4 aromatic rings. The van der Waals surface area contributed by atoms with E-state index in [1.165, 1.54) is 4.88 Å². The van der Waals surface area contributed by atoms with Crippen LogP contribution in [0.2, 0.25) is 0 Å². The molecule has 1 atom stereocenters. The van der Waals surface area contributed by atoms with Gasteiger partial charge in [0.05, 0.1) is 23.9 Å². The maximum absolute atomic E-state index is 15.4. The third kappa shape index (κ3) is 3.74. The zero-order valence-electron chi connectivity index (χ0n) is 21.5. The van der Waals surface area contributed by atoms with Crippen LogP contribution in [0.15, 0.2) is 40.1 Å². The molecule has 0 amide bonds. The molecule has 7 rings (SSSR count). The van der Waals surface area contributed by atoms with Crippen molar-refractivity contribution in [1.82, 2.24) is 25.1 Å². The molecule has 0 radical (unpaired) electrons. The summed E-state index contributed by atoms with van der Waals surface area (Å²) in [6, 6.07) is 4.89. The van der Waals surface area contributed by atoms with E-state index < -0.39 is 6.04 Å². The first kappa shape index (κ1) is 23.5. The number of oxazole rings is 1. The van der Waals surface area contributed by atoms with Crippen molar-refractivity contribution in [2.24, 2.45) is 16.3 Å². The van der Waals surface area contributed by atoms with Gasteiger partial charge in [0.1, 0.15) is 28.9 Å². The van der Waals surface area contributed by atoms with E-state index in [-0.39, 0.29) is 5.82 Å². The summed E-state index contributed by atoms with van der Waals surface area (Å²) in [6.07, 6.45) is 5.82. The fraction of sp³-hybridized carbons (Fsp3) is 0.379. The zero-order valence-corrected chi connectivity index (χ0v) is 22.3. The molecule has 0 bridgehead atoms. The van der Waals surface area contributed by atoms with Gasteiger partial charge >= 0.3 is 0 Å². The lowest BCUT2D eigenvalue weighted by molar-refractivity contribution is 0.0266. The third-order valence-corrected chi connectivity index (χ3v) is 9.30. The summed E-state index contributed by atoms with van der Waals surface area (Å²) in [6.45, 7) is 8.31. The van der Waals surface area contributed by atoms with E-state index in [0.29, 0.717) is 34.8 Å². The summed E-state index contributed by atoms with van der Waals surface area (Å²) in [5.74, 6) is 8.51. The van der Waals surface area contributed by atoms with Crippen molar-refractivity contribution in [3.63, 3.8) is 0 Å². The molecular formula is C29H27FN6OS. The predicted molar refractivity (Wildman–Crippen MR) is 143 cm³/mol. The van der Waals surface area contributed by atoms with Crippen molar-refractivity contribution >= 4 is 17.0 Å². The fourth-order valence-corrected chi connectivity index (χ4v) is 7.06. The molecule has 1 spiro atoms. The second-order valence-electron chi connectivity index (χ2n) is 10.7. The van der Waals surface area contributed by atoms with Crippen molar-refractivity contribution in [3.05, 3.63) is 81.1 Å². The SMILES string of the molecule is Cc1sc2c(c1C)C(c1ccc(C#CC3CC4(CNC4)C3)c(F)c1)=NC(Cc1ncco1)c1nnc(C)n1-2. The number of rotatable bonds is 3. The Labute approximate surface area is 224 Å². The molecule has 192 valence electrons. The number of aromatic nitrogens is 4. The van der Waals surface area contributed by atoms with Gasteiger partial charge in [0.25, 0.3) is 0 Å². The zero-order chi connectivity index (χ0) is 26.0. The normalized spacial score (nSPS) is 19.5. The van der Waals surface area contributed by atoms with Crippen LogP contribution in [0.25, 0.3) is 5.00 Å². The quantitative estimate of drug-likeness (QED) is 0.386. The van der Waals surface area contributed by atoms with Crippen molar-refractivity contribution in [2.75, 3.05) is 13.1 Å². The van der Waals surface area contributed by atoms with Gasteiger partial charge < -0.3 is 9.73 Å². The molecule has 3 aliphatic rings. The number of nitrogens with zero attached hydrogens (tertiary/aromatic N) is 5. The predicted octanol–water partition coefficient (Wildman–Crippen LogP) is 4.87. The highest BCUT2D eigenvalue weighted by molar-refractivity contribution is 7.15. The number of thiophene rings is 1. The van der Waals surface area contributed by atoms with Gasteiger partial charge in [-0.05, 0) is 56.7 Å². The third-order valence-electron chi connectivity index (χ3n) is 8.10. The minimum atomic E-state index is -0.390. The molecule has 9 heteroatoms. The summed E-state index contributed by atoms with van der Waals surface area (Å²) in [5.41, 5.74) is 4.44. The van der Waals surface area contributed by atoms with Crippen LogP contribution < -0.4 is 5.32 Å². The Morgan fingerprint density at radius 3 is 2.76 bits per heavy atom. The molecule has 1 aliphatic carbocycles. The molecule has 1 N–H and O–H groups in total. The van der Waals surface area contributed by atoms with Gasteiger partial charge in [-0.1, -0.05) is 17.9 Å². The Hall–Kier alpha value is -3.61. The number of hydrogen-bond donors (Lipinski definition) is 1. The second kappa shape index (κ2) is 8.72. The van der Waals surface area contributed by atoms with Gasteiger partial charge in [-0.2, -0.15) is 0 Å². The van der Waals surface area contributed by atoms with Crippen LogP contribution >= 0.6 is 11.3 Å². The molecule has 1 aromatic carbocycles. The smallest absolute Gasteiger partial charge is 0.196 e. The van der Waals surface area contributed by atoms with Crippen LogP contribution in [-0.2, 0) is 6.42 Å². The number of hydrogen-bond acceptors (Lipinski definition) is 7. The Morgan fingerprint density at radius 2 is 2.05 bits per heavy atom. The second-order valence-corrected chi connectivity index (χ2v) is 11.9. The highest BCUT2D eigenvalue weighted by atomic mass is 32.1. The van der Waals surface area contributed by atoms with Crippen LogP contribution in [0.3, 0.4) is 0 Å². The van der Waals surface area contributed by atoms with Gasteiger partial charge in [-0.15, -0.1) is 21.5 Å². The van der Waals surface area contributed by atoms with Crippen LogP contribution in [0.4, 0.5) is 4.39 Å². The van der Waals surface area contributed by atoms with Gasteiger partial charge in [0.15, 0.2) is 11.7 Å². The van der Waals surface area contributed by atoms with Crippen LogP contribution in [-0.4, -0.2) is 38.5 Å². The first-order valence-corrected chi connectivity index (χ1v) is 13.7. The number of halogens is 1. The van der Waals surface area contributed by atoms with Gasteiger partial charge in [0, 0.05) is 35.0 Å².